The molecule has 0 aliphatic heterocycles. The van der Waals surface area contributed by atoms with Gasteiger partial charge in [0, 0.05) is 47.8 Å². The van der Waals surface area contributed by atoms with E-state index in [0.717, 1.165) is 57.3 Å². The third-order valence-corrected chi connectivity index (χ3v) is 18.4. The Labute approximate surface area is 751 Å². The minimum atomic E-state index is -0.434. The van der Waals surface area contributed by atoms with Crippen LogP contribution in [0.15, 0.2) is 351 Å². The first-order chi connectivity index (χ1) is 62.1. The molecule has 0 saturated carbocycles. The van der Waals surface area contributed by atoms with E-state index in [2.05, 4.69) is 118 Å². The maximum Gasteiger partial charge on any atom is 0.220 e. The van der Waals surface area contributed by atoms with E-state index in [1.807, 2.05) is 6.92 Å². The van der Waals surface area contributed by atoms with Gasteiger partial charge in [-0.15, -0.1) is 31.1 Å². The molecule has 0 saturated heterocycles. The van der Waals surface area contributed by atoms with Crippen LogP contribution in [0.3, 0.4) is 0 Å². The summed E-state index contributed by atoms with van der Waals surface area (Å²) >= 11 is 0. The molecule has 130 heavy (non-hydrogen) atoms. The van der Waals surface area contributed by atoms with Crippen LogP contribution in [-0.2, 0) is 12.8 Å². The van der Waals surface area contributed by atoms with E-state index in [9.17, 15) is 47.9 Å². The topological polar surface area (TPSA) is 373 Å². The summed E-state index contributed by atoms with van der Waals surface area (Å²) in [7, 11) is 0. The first kappa shape index (κ1) is 103. The Balaban J connectivity index is 0.000000256. The summed E-state index contributed by atoms with van der Waals surface area (Å²) in [5, 5.41) is 91.0. The van der Waals surface area contributed by atoms with Crippen LogP contribution in [-0.4, -0.2) is 51.1 Å². The molecule has 2 unspecified atom stereocenters. The van der Waals surface area contributed by atoms with Gasteiger partial charge in [0.15, 0.2) is 57.5 Å². The second-order valence-corrected chi connectivity index (χ2v) is 28.2. The summed E-state index contributed by atoms with van der Waals surface area (Å²) in [6.07, 6.45) is 31.1. The number of hydrogen-bond donors (Lipinski definition) is 10. The van der Waals surface area contributed by atoms with Crippen LogP contribution in [0.1, 0.15) is 122 Å². The van der Waals surface area contributed by atoms with Crippen molar-refractivity contribution in [2.24, 2.45) is 11.8 Å². The predicted octanol–water partition coefficient (Wildman–Crippen LogP) is 15.4. The van der Waals surface area contributed by atoms with E-state index in [1.54, 1.807) is 128 Å². The fourth-order valence-electron chi connectivity index (χ4n) is 10.5. The molecule has 0 bridgehead atoms. The number of aromatic hydroxyl groups is 10. The minimum Gasteiger partial charge on any atom is -0.504 e. The lowest BCUT2D eigenvalue weighted by atomic mass is 10.1. The zero-order valence-corrected chi connectivity index (χ0v) is 72.0. The lowest BCUT2D eigenvalue weighted by Gasteiger charge is -1.92. The van der Waals surface area contributed by atoms with Crippen LogP contribution in [0.25, 0.3) is 22.8 Å². The van der Waals surface area contributed by atoms with Crippen molar-refractivity contribution in [2.45, 2.75) is 79.1 Å². The average Bonchev–Trinajstić information content (AvgIpc) is 1.69. The van der Waals surface area contributed by atoms with Gasteiger partial charge in [-0.2, -0.15) is 0 Å². The number of rotatable bonds is 9. The van der Waals surface area contributed by atoms with Crippen LogP contribution in [0, 0.1) is 84.4 Å². The zero-order chi connectivity index (χ0) is 95.9. The Hall–Kier alpha value is -17.6. The van der Waals surface area contributed by atoms with Crippen molar-refractivity contribution in [3.05, 3.63) is 461 Å². The molecule has 20 nitrogen and oxygen atoms in total. The fourth-order valence-corrected chi connectivity index (χ4v) is 10.5. The first-order valence-corrected chi connectivity index (χ1v) is 39.9. The Morgan fingerprint density at radius 2 is 0.677 bits per heavy atom. The minimum absolute atomic E-state index is 0.190. The van der Waals surface area contributed by atoms with Gasteiger partial charge in [-0.3, -0.25) is 47.9 Å². The first-order valence-electron chi connectivity index (χ1n) is 39.9. The molecule has 4 aliphatic carbocycles. The molecule has 10 aromatic carbocycles. The van der Waals surface area contributed by atoms with E-state index >= 15 is 0 Å². The molecule has 0 amide bonds. The van der Waals surface area contributed by atoms with Crippen molar-refractivity contribution >= 4 is 22.8 Å². The summed E-state index contributed by atoms with van der Waals surface area (Å²) in [5.74, 6) is 23.5. The maximum atomic E-state index is 11.0. The van der Waals surface area contributed by atoms with Crippen LogP contribution in [0.2, 0.25) is 0 Å². The molecular formula is C110H94O20. The quantitative estimate of drug-likeness (QED) is 0.0474. The van der Waals surface area contributed by atoms with Gasteiger partial charge in [0.2, 0.25) is 54.3 Å². The lowest BCUT2D eigenvalue weighted by molar-refractivity contribution is 0.470. The third kappa shape index (κ3) is 37.3. The molecule has 14 rings (SSSR count). The van der Waals surface area contributed by atoms with Crippen molar-refractivity contribution in [2.75, 3.05) is 0 Å². The monoisotopic (exact) mass is 1730 g/mol. The Bertz CT molecular complexity index is 6860. The Kier molecular flexibility index (Phi) is 42.4. The molecule has 654 valence electrons. The second kappa shape index (κ2) is 53.5. The van der Waals surface area contributed by atoms with E-state index in [-0.39, 0.29) is 95.5 Å². The normalized spacial score (nSPS) is 13.1. The number of allylic oxidation sites excluding steroid dienone is 11. The van der Waals surface area contributed by atoms with Gasteiger partial charge in [-0.05, 0) is 271 Å². The lowest BCUT2D eigenvalue weighted by Crippen LogP contribution is -1.91. The fraction of sp³-hybridized carbons (Fsp3) is 0.127. The zero-order valence-electron chi connectivity index (χ0n) is 72.0. The molecule has 4 aliphatic rings. The van der Waals surface area contributed by atoms with Crippen LogP contribution >= 0.6 is 0 Å². The third-order valence-electron chi connectivity index (χ3n) is 18.4. The van der Waals surface area contributed by atoms with E-state index in [0.29, 0.717) is 53.2 Å². The highest BCUT2D eigenvalue weighted by atomic mass is 16.3. The van der Waals surface area contributed by atoms with Crippen molar-refractivity contribution in [1.82, 2.24) is 0 Å². The predicted molar refractivity (Wildman–Crippen MR) is 515 cm³/mol. The summed E-state index contributed by atoms with van der Waals surface area (Å²) in [5.41, 5.74) is 10.8. The molecular weight excluding hydrogens is 1640 g/mol. The van der Waals surface area contributed by atoms with E-state index in [1.165, 1.54) is 162 Å². The van der Waals surface area contributed by atoms with Crippen molar-refractivity contribution in [3.63, 3.8) is 0 Å². The van der Waals surface area contributed by atoms with Crippen LogP contribution in [0.4, 0.5) is 0 Å². The molecule has 10 N–H and O–H groups in total. The van der Waals surface area contributed by atoms with Gasteiger partial charge in [0.1, 0.15) is 0 Å². The number of terminal acetylenes is 3. The highest BCUT2D eigenvalue weighted by molar-refractivity contribution is 5.81. The Morgan fingerprint density at radius 1 is 0.385 bits per heavy atom. The van der Waals surface area contributed by atoms with Crippen molar-refractivity contribution in [1.29, 1.82) is 0 Å². The van der Waals surface area contributed by atoms with Gasteiger partial charge in [-0.1, -0.05) is 196 Å². The van der Waals surface area contributed by atoms with Crippen LogP contribution in [0.5, 0.6) is 57.5 Å². The molecule has 4 atom stereocenters. The summed E-state index contributed by atoms with van der Waals surface area (Å²) in [6.45, 7) is 19.1. The van der Waals surface area contributed by atoms with Gasteiger partial charge in [-0.25, -0.2) is 0 Å². The van der Waals surface area contributed by atoms with Gasteiger partial charge in [0.25, 0.3) is 0 Å². The second-order valence-electron chi connectivity index (χ2n) is 28.2. The summed E-state index contributed by atoms with van der Waals surface area (Å²) in [4.78, 5) is 110. The Morgan fingerprint density at radius 3 is 1.05 bits per heavy atom. The standard InChI is InChI=1S/4C11H10O2.C11H8O2.3C11H10O2.2C11H8O2/c4*1-7-6-9(7)8-2-4-10(12)11(13)5-3-8;1-3-8(2)9-4-6-10(12)11(13)7-5-9;5*1-2-3-4-9-5-7-10(12)11(13)8-6-9/h2*2-6,9H,1H3,(H,12,13);2*2-7H,1H3,(H,12,13);1,4-7H,2H2,(H,12,13);5-8H,4H2,1H3,(H,12,13);5-8H,2H2,1H3,(H,12,13);1,5-8H,3-4H2,(H,12,13);2,5-8H,1H2,(H,12,13);1,3-8H,(H,12,13)/b;;;;;;;;;4-3+/t;;2*7-;;;;;;/m..10....../s1. The molecule has 0 spiro atoms. The van der Waals surface area contributed by atoms with Crippen molar-refractivity contribution in [3.8, 4) is 130 Å². The molecule has 10 aromatic rings. The van der Waals surface area contributed by atoms with E-state index in [4.69, 9.17) is 70.3 Å². The van der Waals surface area contributed by atoms with Crippen LogP contribution < -0.4 is 54.3 Å². The molecule has 0 heterocycles. The molecule has 0 radical (unpaired) electrons. The largest absolute Gasteiger partial charge is 0.504 e. The number of hydrogen-bond acceptors (Lipinski definition) is 20. The highest BCUT2D eigenvalue weighted by Crippen LogP contribution is 2.40. The van der Waals surface area contributed by atoms with Gasteiger partial charge >= 0.3 is 0 Å². The van der Waals surface area contributed by atoms with E-state index < -0.39 is 16.3 Å². The van der Waals surface area contributed by atoms with Gasteiger partial charge < -0.3 is 51.1 Å². The summed E-state index contributed by atoms with van der Waals surface area (Å²) < 4.78 is 0. The van der Waals surface area contributed by atoms with Crippen molar-refractivity contribution < 1.29 is 51.1 Å². The SMILES string of the molecule is C#C/C=C/c1ccc(O)c(=O)cc1.C#CC(=C)c1ccc(O)c(=O)cc1.C#CCCc1ccc(O)c(=O)cc1.C=CC#Cc1ccc(O)c(=O)cc1.CC#CCc1ccc(O)c(=O)cc1.CC1=CC1c1ccc(O)c(=O)cc1.CC1=CC1c1ccc(O)c(=O)cc1.CCC#Cc1ccc(O)c(=O)cc1.C[C@@H]1C=C1c1ccc(O)c(=O)cc1.C[C@H]1C=C1c1ccc(O)c(=O)cc1. The molecule has 0 aromatic heterocycles. The highest BCUT2D eigenvalue weighted by Gasteiger charge is 2.23. The molecule has 0 fully saturated rings. The maximum absolute atomic E-state index is 11.0. The number of aryl methyl sites for hydroxylation is 1. The summed E-state index contributed by atoms with van der Waals surface area (Å²) in [6, 6.07) is 60.9. The molecule has 20 heteroatoms. The van der Waals surface area contributed by atoms with Gasteiger partial charge in [0.05, 0.1) is 0 Å². The smallest absolute Gasteiger partial charge is 0.220 e. The average molecular weight is 1740 g/mol.